The highest BCUT2D eigenvalue weighted by Gasteiger charge is 2.12. The molecule has 1 aromatic carbocycles. The van der Waals surface area contributed by atoms with Crippen molar-refractivity contribution in [2.75, 3.05) is 24.5 Å². The number of imidazole rings is 1. The van der Waals surface area contributed by atoms with E-state index in [-0.39, 0.29) is 37.2 Å². The van der Waals surface area contributed by atoms with Gasteiger partial charge in [-0.25, -0.2) is 9.97 Å². The maximum atomic E-state index is 6.04. The number of hydrogen-bond acceptors (Lipinski definition) is 4. The van der Waals surface area contributed by atoms with Crippen molar-refractivity contribution in [3.05, 3.63) is 76.4 Å². The molecule has 0 bridgehead atoms. The third-order valence-electron chi connectivity index (χ3n) is 4.66. The molecular weight excluding hydrogens is 549 g/mol. The van der Waals surface area contributed by atoms with Crippen LogP contribution in [-0.4, -0.2) is 40.5 Å². The van der Waals surface area contributed by atoms with Crippen LogP contribution in [0.2, 0.25) is 0 Å². The fraction of sp³-hybridized carbons (Fsp3) is 0.318. The minimum Gasteiger partial charge on any atom is -0.370 e. The van der Waals surface area contributed by atoms with Gasteiger partial charge in [0, 0.05) is 48.7 Å². The van der Waals surface area contributed by atoms with E-state index in [1.165, 1.54) is 5.56 Å². The summed E-state index contributed by atoms with van der Waals surface area (Å²) in [5, 5.41) is 3.22. The van der Waals surface area contributed by atoms with Crippen LogP contribution in [0.15, 0.2) is 64.6 Å². The number of pyridine rings is 1. The lowest BCUT2D eigenvalue weighted by molar-refractivity contribution is 0.735. The van der Waals surface area contributed by atoms with E-state index in [0.717, 1.165) is 47.5 Å². The largest absolute Gasteiger partial charge is 0.370 e. The van der Waals surface area contributed by atoms with E-state index < -0.39 is 0 Å². The Morgan fingerprint density at radius 2 is 1.94 bits per heavy atom. The van der Waals surface area contributed by atoms with Crippen molar-refractivity contribution in [1.29, 1.82) is 0 Å². The zero-order valence-electron chi connectivity index (χ0n) is 18.4. The standard InChI is InChI=1S/C22H28BrN7.3ClH/c1-17-12-19(23)13-28-21(17)30(15-18-6-3-2-4-7-18)11-10-27-22(24)26-9-5-8-20-14-25-16-29-20;;;/h2-4,6-7,12-14,16H,5,8-11,15H2,1H3,(H,25,29)(H3,24,26,27);3*1H. The Morgan fingerprint density at radius 1 is 1.18 bits per heavy atom. The molecule has 3 rings (SSSR count). The number of H-pyrrole nitrogens is 1. The van der Waals surface area contributed by atoms with Crippen LogP contribution in [0.25, 0.3) is 0 Å². The van der Waals surface area contributed by atoms with Crippen LogP contribution in [0, 0.1) is 6.92 Å². The molecule has 0 spiro atoms. The summed E-state index contributed by atoms with van der Waals surface area (Å²) in [4.78, 5) is 18.4. The number of rotatable bonds is 10. The number of guanidine groups is 1. The third-order valence-corrected chi connectivity index (χ3v) is 5.10. The Hall–Kier alpha value is -2.00. The summed E-state index contributed by atoms with van der Waals surface area (Å²) in [6.07, 6.45) is 7.20. The Kier molecular flexibility index (Phi) is 15.6. The fourth-order valence-electron chi connectivity index (χ4n) is 3.19. The number of nitrogens with zero attached hydrogens (tertiary/aromatic N) is 4. The van der Waals surface area contributed by atoms with Crippen molar-refractivity contribution < 1.29 is 0 Å². The summed E-state index contributed by atoms with van der Waals surface area (Å²) in [7, 11) is 0. The summed E-state index contributed by atoms with van der Waals surface area (Å²) >= 11 is 3.50. The number of aliphatic imine (C=N–C) groups is 1. The monoisotopic (exact) mass is 577 g/mol. The lowest BCUT2D eigenvalue weighted by Gasteiger charge is -2.26. The van der Waals surface area contributed by atoms with Gasteiger partial charge in [-0.05, 0) is 52.9 Å². The van der Waals surface area contributed by atoms with Crippen molar-refractivity contribution >= 4 is 64.9 Å². The van der Waals surface area contributed by atoms with E-state index in [9.17, 15) is 0 Å². The molecule has 4 N–H and O–H groups in total. The molecule has 33 heavy (non-hydrogen) atoms. The van der Waals surface area contributed by atoms with E-state index in [4.69, 9.17) is 5.73 Å². The first-order valence-corrected chi connectivity index (χ1v) is 10.8. The number of anilines is 1. The lowest BCUT2D eigenvalue weighted by atomic mass is 10.2. The van der Waals surface area contributed by atoms with Gasteiger partial charge in [0.05, 0.1) is 6.33 Å². The summed E-state index contributed by atoms with van der Waals surface area (Å²) in [6.45, 7) is 4.97. The fourth-order valence-corrected chi connectivity index (χ4v) is 3.64. The molecule has 0 aliphatic carbocycles. The highest BCUT2D eigenvalue weighted by atomic mass is 79.9. The Balaban J connectivity index is 0.00000341. The molecule has 182 valence electrons. The van der Waals surface area contributed by atoms with Crippen LogP contribution in [-0.2, 0) is 13.0 Å². The van der Waals surface area contributed by atoms with Gasteiger partial charge in [-0.15, -0.1) is 37.2 Å². The summed E-state index contributed by atoms with van der Waals surface area (Å²) in [5.41, 5.74) is 9.52. The van der Waals surface area contributed by atoms with E-state index >= 15 is 0 Å². The first kappa shape index (κ1) is 31.0. The van der Waals surface area contributed by atoms with Crippen LogP contribution in [0.3, 0.4) is 0 Å². The minimum absolute atomic E-state index is 0. The Morgan fingerprint density at radius 3 is 2.61 bits per heavy atom. The van der Waals surface area contributed by atoms with Gasteiger partial charge in [0.1, 0.15) is 5.82 Å². The van der Waals surface area contributed by atoms with Gasteiger partial charge in [0.2, 0.25) is 0 Å². The van der Waals surface area contributed by atoms with Gasteiger partial charge < -0.3 is 20.9 Å². The number of benzene rings is 1. The molecule has 0 amide bonds. The molecule has 0 radical (unpaired) electrons. The topological polar surface area (TPSA) is 95.2 Å². The van der Waals surface area contributed by atoms with Gasteiger partial charge in [0.15, 0.2) is 5.96 Å². The van der Waals surface area contributed by atoms with Crippen LogP contribution in [0.1, 0.15) is 23.2 Å². The lowest BCUT2D eigenvalue weighted by Crippen LogP contribution is -2.39. The molecule has 11 heteroatoms. The van der Waals surface area contributed by atoms with Gasteiger partial charge in [0.25, 0.3) is 0 Å². The van der Waals surface area contributed by atoms with Crippen LogP contribution in [0.4, 0.5) is 5.82 Å². The zero-order valence-corrected chi connectivity index (χ0v) is 22.4. The van der Waals surface area contributed by atoms with Crippen LogP contribution < -0.4 is 16.0 Å². The van der Waals surface area contributed by atoms with Gasteiger partial charge >= 0.3 is 0 Å². The smallest absolute Gasteiger partial charge is 0.188 e. The number of nitrogens with two attached hydrogens (primary N) is 1. The number of nitrogens with one attached hydrogen (secondary N) is 2. The van der Waals surface area contributed by atoms with Crippen molar-refractivity contribution in [2.45, 2.75) is 26.3 Å². The number of hydrogen-bond donors (Lipinski definition) is 3. The molecule has 0 fully saturated rings. The normalized spacial score (nSPS) is 10.4. The average molecular weight is 580 g/mol. The van der Waals surface area contributed by atoms with Crippen molar-refractivity contribution in [1.82, 2.24) is 20.3 Å². The van der Waals surface area contributed by atoms with E-state index in [2.05, 4.69) is 83.3 Å². The minimum atomic E-state index is 0. The quantitative estimate of drug-likeness (QED) is 0.184. The van der Waals surface area contributed by atoms with Gasteiger partial charge in [-0.2, -0.15) is 0 Å². The predicted octanol–water partition coefficient (Wildman–Crippen LogP) is 4.68. The third kappa shape index (κ3) is 10.6. The SMILES string of the molecule is Cc1cc(Br)cnc1N(CCNC(N)=NCCCc1cnc[nH]1)Cc1ccccc1.Cl.Cl.Cl. The molecule has 3 aromatic rings. The van der Waals surface area contributed by atoms with E-state index in [1.54, 1.807) is 6.33 Å². The molecule has 0 unspecified atom stereocenters. The molecule has 0 saturated heterocycles. The highest BCUT2D eigenvalue weighted by Crippen LogP contribution is 2.22. The number of aromatic nitrogens is 3. The Bertz CT molecular complexity index is 940. The molecule has 2 aromatic heterocycles. The molecule has 7 nitrogen and oxygen atoms in total. The second-order valence-electron chi connectivity index (χ2n) is 7.08. The summed E-state index contributed by atoms with van der Waals surface area (Å²) in [5.74, 6) is 1.44. The first-order chi connectivity index (χ1) is 14.6. The first-order valence-electron chi connectivity index (χ1n) is 10.0. The maximum absolute atomic E-state index is 6.04. The number of aryl methyl sites for hydroxylation is 2. The number of halogens is 4. The maximum Gasteiger partial charge on any atom is 0.188 e. The van der Waals surface area contributed by atoms with Crippen molar-refractivity contribution in [3.63, 3.8) is 0 Å². The van der Waals surface area contributed by atoms with Gasteiger partial charge in [-0.1, -0.05) is 30.3 Å². The van der Waals surface area contributed by atoms with Crippen molar-refractivity contribution in [2.24, 2.45) is 10.7 Å². The van der Waals surface area contributed by atoms with Crippen LogP contribution in [0.5, 0.6) is 0 Å². The van der Waals surface area contributed by atoms with Gasteiger partial charge in [-0.3, -0.25) is 4.99 Å². The summed E-state index contributed by atoms with van der Waals surface area (Å²) < 4.78 is 0.980. The van der Waals surface area contributed by atoms with E-state index in [1.807, 2.05) is 18.5 Å². The molecule has 2 heterocycles. The number of aromatic amines is 1. The second-order valence-corrected chi connectivity index (χ2v) is 7.99. The molecular formula is C22H31BrCl3N7. The second kappa shape index (κ2) is 16.6. The average Bonchev–Trinajstić information content (AvgIpc) is 3.25. The molecule has 0 aliphatic rings. The van der Waals surface area contributed by atoms with Crippen molar-refractivity contribution in [3.8, 4) is 0 Å². The van der Waals surface area contributed by atoms with E-state index in [0.29, 0.717) is 19.0 Å². The molecule has 0 atom stereocenters. The Labute approximate surface area is 222 Å². The zero-order chi connectivity index (χ0) is 21.2. The molecule has 0 saturated carbocycles. The van der Waals surface area contributed by atoms with Crippen LogP contribution >= 0.6 is 53.2 Å². The molecule has 0 aliphatic heterocycles. The predicted molar refractivity (Wildman–Crippen MR) is 147 cm³/mol. The highest BCUT2D eigenvalue weighted by molar-refractivity contribution is 9.10. The summed E-state index contributed by atoms with van der Waals surface area (Å²) in [6, 6.07) is 12.5.